The van der Waals surface area contributed by atoms with Gasteiger partial charge >= 0.3 is 0 Å². The summed E-state index contributed by atoms with van der Waals surface area (Å²) in [7, 11) is 0. The molecule has 19 heavy (non-hydrogen) atoms. The Kier molecular flexibility index (Phi) is 3.78. The molecule has 0 unspecified atom stereocenters. The topological polar surface area (TPSA) is 67.8 Å². The fourth-order valence-electron chi connectivity index (χ4n) is 1.63. The summed E-state index contributed by atoms with van der Waals surface area (Å²) >= 11 is 11.6. The van der Waals surface area contributed by atoms with E-state index in [0.29, 0.717) is 16.7 Å². The van der Waals surface area contributed by atoms with Crippen LogP contribution in [0.1, 0.15) is 16.7 Å². The number of halogens is 2. The van der Waals surface area contributed by atoms with Crippen molar-refractivity contribution < 1.29 is 0 Å². The average Bonchev–Trinajstić information content (AvgIpc) is 2.36. The molecule has 0 radical (unpaired) electrons. The Balaban J connectivity index is 2.50. The van der Waals surface area contributed by atoms with E-state index in [2.05, 4.69) is 10.1 Å². The van der Waals surface area contributed by atoms with Crippen molar-refractivity contribution in [2.24, 2.45) is 0 Å². The van der Waals surface area contributed by atoms with E-state index in [1.165, 1.54) is 4.68 Å². The molecule has 5 nitrogen and oxygen atoms in total. The summed E-state index contributed by atoms with van der Waals surface area (Å²) < 4.78 is 1.21. The first-order chi connectivity index (χ1) is 8.90. The minimum atomic E-state index is -0.296. The molecule has 2 aromatic heterocycles. The molecule has 100 valence electrons. The SMILES string of the molecule is Cc1c(C)c(=O)n(Cc2ccc(Cl)nc2Cl)[nH]c1=O. The lowest BCUT2D eigenvalue weighted by Gasteiger charge is -2.09. The van der Waals surface area contributed by atoms with Crippen LogP contribution in [0.4, 0.5) is 0 Å². The highest BCUT2D eigenvalue weighted by atomic mass is 35.5. The summed E-state index contributed by atoms with van der Waals surface area (Å²) in [6.07, 6.45) is 0. The van der Waals surface area contributed by atoms with Crippen LogP contribution < -0.4 is 11.1 Å². The van der Waals surface area contributed by atoms with Crippen molar-refractivity contribution in [2.75, 3.05) is 0 Å². The third-order valence-electron chi connectivity index (χ3n) is 2.93. The van der Waals surface area contributed by atoms with Crippen molar-refractivity contribution in [1.82, 2.24) is 14.8 Å². The summed E-state index contributed by atoms with van der Waals surface area (Å²) in [4.78, 5) is 27.6. The summed E-state index contributed by atoms with van der Waals surface area (Å²) in [5, 5.41) is 2.98. The molecule has 0 spiro atoms. The smallest absolute Gasteiger partial charge is 0.268 e. The van der Waals surface area contributed by atoms with Gasteiger partial charge in [0.05, 0.1) is 6.54 Å². The molecule has 0 saturated heterocycles. The Morgan fingerprint density at radius 3 is 2.53 bits per heavy atom. The van der Waals surface area contributed by atoms with Gasteiger partial charge in [-0.25, -0.2) is 9.67 Å². The highest BCUT2D eigenvalue weighted by Crippen LogP contribution is 2.16. The van der Waals surface area contributed by atoms with Crippen LogP contribution in [0.15, 0.2) is 21.7 Å². The molecule has 2 aromatic rings. The van der Waals surface area contributed by atoms with Gasteiger partial charge < -0.3 is 0 Å². The minimum absolute atomic E-state index is 0.137. The van der Waals surface area contributed by atoms with Crippen LogP contribution in [0, 0.1) is 13.8 Å². The van der Waals surface area contributed by atoms with Crippen LogP contribution in [0.25, 0.3) is 0 Å². The van der Waals surface area contributed by atoms with Gasteiger partial charge in [-0.1, -0.05) is 29.3 Å². The van der Waals surface area contributed by atoms with Crippen molar-refractivity contribution in [3.05, 3.63) is 59.8 Å². The first-order valence-electron chi connectivity index (χ1n) is 5.51. The molecule has 0 fully saturated rings. The van der Waals surface area contributed by atoms with Gasteiger partial charge in [0.2, 0.25) is 0 Å². The van der Waals surface area contributed by atoms with E-state index in [1.54, 1.807) is 26.0 Å². The van der Waals surface area contributed by atoms with Crippen molar-refractivity contribution in [3.8, 4) is 0 Å². The highest BCUT2D eigenvalue weighted by molar-refractivity contribution is 6.32. The van der Waals surface area contributed by atoms with E-state index in [9.17, 15) is 9.59 Å². The number of pyridine rings is 1. The largest absolute Gasteiger partial charge is 0.268 e. The summed E-state index contributed by atoms with van der Waals surface area (Å²) in [5.74, 6) is 0. The molecular formula is C12H11Cl2N3O2. The lowest BCUT2D eigenvalue weighted by Crippen LogP contribution is -2.33. The predicted molar refractivity (Wildman–Crippen MR) is 74.2 cm³/mol. The molecule has 0 bridgehead atoms. The molecule has 0 aliphatic rings. The summed E-state index contributed by atoms with van der Waals surface area (Å²) in [6, 6.07) is 3.24. The molecule has 2 rings (SSSR count). The van der Waals surface area contributed by atoms with Gasteiger partial charge in [-0.05, 0) is 19.9 Å². The maximum Gasteiger partial charge on any atom is 0.268 e. The zero-order valence-electron chi connectivity index (χ0n) is 10.3. The van der Waals surface area contributed by atoms with Crippen LogP contribution in [-0.2, 0) is 6.54 Å². The van der Waals surface area contributed by atoms with E-state index in [4.69, 9.17) is 23.2 Å². The van der Waals surface area contributed by atoms with E-state index in [1.807, 2.05) is 0 Å². The number of nitrogens with zero attached hydrogens (tertiary/aromatic N) is 2. The van der Waals surface area contributed by atoms with E-state index < -0.39 is 0 Å². The Morgan fingerprint density at radius 1 is 1.21 bits per heavy atom. The number of hydrogen-bond acceptors (Lipinski definition) is 3. The van der Waals surface area contributed by atoms with Gasteiger partial charge in [0, 0.05) is 16.7 Å². The van der Waals surface area contributed by atoms with E-state index >= 15 is 0 Å². The molecule has 0 aliphatic carbocycles. The van der Waals surface area contributed by atoms with Crippen LogP contribution in [-0.4, -0.2) is 14.8 Å². The maximum atomic E-state index is 12.0. The molecule has 2 heterocycles. The summed E-state index contributed by atoms with van der Waals surface area (Å²) in [5.41, 5.74) is 0.883. The number of aromatic nitrogens is 3. The fourth-order valence-corrected chi connectivity index (χ4v) is 2.04. The lowest BCUT2D eigenvalue weighted by molar-refractivity contribution is 0.617. The molecular weight excluding hydrogens is 289 g/mol. The first kappa shape index (κ1) is 13.8. The number of aromatic amines is 1. The first-order valence-corrected chi connectivity index (χ1v) is 6.27. The molecule has 7 heteroatoms. The zero-order valence-corrected chi connectivity index (χ0v) is 11.8. The van der Waals surface area contributed by atoms with Gasteiger partial charge in [0.1, 0.15) is 10.3 Å². The molecule has 0 amide bonds. The van der Waals surface area contributed by atoms with Crippen molar-refractivity contribution >= 4 is 23.2 Å². The monoisotopic (exact) mass is 299 g/mol. The van der Waals surface area contributed by atoms with Crippen LogP contribution in [0.5, 0.6) is 0 Å². The third-order valence-corrected chi connectivity index (χ3v) is 3.46. The molecule has 0 aromatic carbocycles. The van der Waals surface area contributed by atoms with E-state index in [0.717, 1.165) is 0 Å². The molecule has 0 atom stereocenters. The molecule has 1 N–H and O–H groups in total. The van der Waals surface area contributed by atoms with Crippen molar-refractivity contribution in [3.63, 3.8) is 0 Å². The van der Waals surface area contributed by atoms with E-state index in [-0.39, 0.29) is 28.0 Å². The Morgan fingerprint density at radius 2 is 1.89 bits per heavy atom. The Labute approximate surface area is 118 Å². The second-order valence-corrected chi connectivity index (χ2v) is 4.91. The number of H-pyrrole nitrogens is 1. The average molecular weight is 300 g/mol. The van der Waals surface area contributed by atoms with Gasteiger partial charge in [0.15, 0.2) is 0 Å². The predicted octanol–water partition coefficient (Wildman–Crippen LogP) is 1.90. The van der Waals surface area contributed by atoms with Crippen molar-refractivity contribution in [1.29, 1.82) is 0 Å². The van der Waals surface area contributed by atoms with Gasteiger partial charge in [-0.3, -0.25) is 14.7 Å². The van der Waals surface area contributed by atoms with Gasteiger partial charge in [0.25, 0.3) is 11.1 Å². The highest BCUT2D eigenvalue weighted by Gasteiger charge is 2.10. The van der Waals surface area contributed by atoms with Crippen LogP contribution >= 0.6 is 23.2 Å². The molecule has 0 saturated carbocycles. The van der Waals surface area contributed by atoms with Gasteiger partial charge in [-0.2, -0.15) is 0 Å². The normalized spacial score (nSPS) is 10.7. The number of nitrogens with one attached hydrogen (secondary N) is 1. The van der Waals surface area contributed by atoms with Gasteiger partial charge in [-0.15, -0.1) is 0 Å². The zero-order chi connectivity index (χ0) is 14.2. The number of hydrogen-bond donors (Lipinski definition) is 1. The third kappa shape index (κ3) is 2.72. The van der Waals surface area contributed by atoms with Crippen molar-refractivity contribution in [2.45, 2.75) is 20.4 Å². The lowest BCUT2D eigenvalue weighted by atomic mass is 10.2. The fraction of sp³-hybridized carbons (Fsp3) is 0.250. The standard InChI is InChI=1S/C12H11Cl2N3O2/c1-6-7(2)12(19)17(16-11(6)18)5-8-3-4-9(13)15-10(8)14/h3-4H,5H2,1-2H3,(H,16,18). The van der Waals surface area contributed by atoms with Crippen LogP contribution in [0.3, 0.4) is 0 Å². The Bertz CT molecular complexity index is 750. The summed E-state index contributed by atoms with van der Waals surface area (Å²) in [6.45, 7) is 3.36. The minimum Gasteiger partial charge on any atom is -0.268 e. The Hall–Kier alpha value is -1.59. The van der Waals surface area contributed by atoms with Crippen LogP contribution in [0.2, 0.25) is 10.3 Å². The molecule has 0 aliphatic heterocycles. The quantitative estimate of drug-likeness (QED) is 0.861. The number of rotatable bonds is 2. The maximum absolute atomic E-state index is 12.0. The second kappa shape index (κ2) is 5.19. The second-order valence-electron chi connectivity index (χ2n) is 4.17.